The second-order valence-electron chi connectivity index (χ2n) is 6.62. The molecule has 126 valence electrons. The Hall–Kier alpha value is -0.900. The summed E-state index contributed by atoms with van der Waals surface area (Å²) >= 11 is 0. The SMILES string of the molecule is COCCOCCOCCCCc1ccc(C(C)(C)C)cc1. The van der Waals surface area contributed by atoms with Gasteiger partial charge in [-0.05, 0) is 35.8 Å². The molecule has 22 heavy (non-hydrogen) atoms. The first-order valence-corrected chi connectivity index (χ1v) is 8.28. The van der Waals surface area contributed by atoms with Crippen LogP contribution in [-0.4, -0.2) is 40.1 Å². The molecule has 0 amide bonds. The maximum Gasteiger partial charge on any atom is 0.0701 e. The molecule has 1 aromatic carbocycles. The van der Waals surface area contributed by atoms with E-state index in [9.17, 15) is 0 Å². The van der Waals surface area contributed by atoms with Crippen LogP contribution in [-0.2, 0) is 26.0 Å². The van der Waals surface area contributed by atoms with E-state index in [2.05, 4.69) is 45.0 Å². The largest absolute Gasteiger partial charge is 0.382 e. The molecule has 0 unspecified atom stereocenters. The summed E-state index contributed by atoms with van der Waals surface area (Å²) in [6, 6.07) is 9.02. The molecular weight excluding hydrogens is 276 g/mol. The normalized spacial score (nSPS) is 11.8. The highest BCUT2D eigenvalue weighted by Crippen LogP contribution is 2.22. The van der Waals surface area contributed by atoms with E-state index in [0.717, 1.165) is 19.4 Å². The minimum Gasteiger partial charge on any atom is -0.382 e. The number of benzene rings is 1. The smallest absolute Gasteiger partial charge is 0.0701 e. The van der Waals surface area contributed by atoms with Gasteiger partial charge in [-0.2, -0.15) is 0 Å². The Morgan fingerprint density at radius 3 is 1.95 bits per heavy atom. The van der Waals surface area contributed by atoms with Crippen LogP contribution in [0.4, 0.5) is 0 Å². The Morgan fingerprint density at radius 1 is 0.773 bits per heavy atom. The van der Waals surface area contributed by atoms with Crippen molar-refractivity contribution in [1.82, 2.24) is 0 Å². The van der Waals surface area contributed by atoms with Crippen molar-refractivity contribution >= 4 is 0 Å². The molecule has 3 nitrogen and oxygen atoms in total. The fraction of sp³-hybridized carbons (Fsp3) is 0.684. The van der Waals surface area contributed by atoms with Crippen molar-refractivity contribution in [3.63, 3.8) is 0 Å². The molecule has 0 aliphatic heterocycles. The average Bonchev–Trinajstić information content (AvgIpc) is 2.49. The fourth-order valence-corrected chi connectivity index (χ4v) is 2.17. The van der Waals surface area contributed by atoms with Crippen molar-refractivity contribution < 1.29 is 14.2 Å². The molecule has 0 aromatic heterocycles. The van der Waals surface area contributed by atoms with Gasteiger partial charge in [-0.15, -0.1) is 0 Å². The predicted molar refractivity (Wildman–Crippen MR) is 91.6 cm³/mol. The Kier molecular flexibility index (Phi) is 9.37. The van der Waals surface area contributed by atoms with Gasteiger partial charge in [0, 0.05) is 13.7 Å². The summed E-state index contributed by atoms with van der Waals surface area (Å²) in [5.74, 6) is 0. The lowest BCUT2D eigenvalue weighted by Crippen LogP contribution is -2.10. The lowest BCUT2D eigenvalue weighted by atomic mass is 9.86. The predicted octanol–water partition coefficient (Wildman–Crippen LogP) is 3.99. The number of hydrogen-bond donors (Lipinski definition) is 0. The quantitative estimate of drug-likeness (QED) is 0.579. The minimum absolute atomic E-state index is 0.234. The van der Waals surface area contributed by atoms with Crippen LogP contribution in [0.3, 0.4) is 0 Å². The van der Waals surface area contributed by atoms with Crippen molar-refractivity contribution in [2.45, 2.75) is 45.4 Å². The molecule has 0 spiro atoms. The molecule has 1 aromatic rings. The van der Waals surface area contributed by atoms with Gasteiger partial charge in [0.1, 0.15) is 0 Å². The molecule has 0 atom stereocenters. The van der Waals surface area contributed by atoms with Crippen LogP contribution in [0.25, 0.3) is 0 Å². The highest BCUT2D eigenvalue weighted by atomic mass is 16.5. The van der Waals surface area contributed by atoms with Crippen LogP contribution in [0, 0.1) is 0 Å². The molecule has 1 rings (SSSR count). The third-order valence-electron chi connectivity index (χ3n) is 3.63. The molecule has 0 aliphatic carbocycles. The third-order valence-corrected chi connectivity index (χ3v) is 3.63. The summed E-state index contributed by atoms with van der Waals surface area (Å²) in [6.45, 7) is 10.2. The van der Waals surface area contributed by atoms with Crippen molar-refractivity contribution in [2.75, 3.05) is 40.1 Å². The summed E-state index contributed by atoms with van der Waals surface area (Å²) in [6.07, 6.45) is 3.39. The molecule has 0 saturated carbocycles. The number of rotatable bonds is 11. The number of hydrogen-bond acceptors (Lipinski definition) is 3. The molecule has 0 heterocycles. The summed E-state index contributed by atoms with van der Waals surface area (Å²) in [7, 11) is 1.68. The van der Waals surface area contributed by atoms with E-state index in [0.29, 0.717) is 26.4 Å². The lowest BCUT2D eigenvalue weighted by Gasteiger charge is -2.19. The van der Waals surface area contributed by atoms with Gasteiger partial charge in [0.2, 0.25) is 0 Å². The van der Waals surface area contributed by atoms with Crippen molar-refractivity contribution in [1.29, 1.82) is 0 Å². The Balaban J connectivity index is 2.03. The van der Waals surface area contributed by atoms with E-state index < -0.39 is 0 Å². The monoisotopic (exact) mass is 308 g/mol. The van der Waals surface area contributed by atoms with Gasteiger partial charge < -0.3 is 14.2 Å². The zero-order valence-electron chi connectivity index (χ0n) is 14.7. The first-order chi connectivity index (χ1) is 10.5. The summed E-state index contributed by atoms with van der Waals surface area (Å²) in [5.41, 5.74) is 3.04. The van der Waals surface area contributed by atoms with Gasteiger partial charge in [-0.25, -0.2) is 0 Å². The molecule has 0 saturated heterocycles. The first kappa shape index (κ1) is 19.1. The zero-order valence-corrected chi connectivity index (χ0v) is 14.7. The Labute approximate surface area is 136 Å². The molecule has 0 bridgehead atoms. The van der Waals surface area contributed by atoms with Gasteiger partial charge >= 0.3 is 0 Å². The molecule has 3 heteroatoms. The number of unbranched alkanes of at least 4 members (excludes halogenated alkanes) is 1. The lowest BCUT2D eigenvalue weighted by molar-refractivity contribution is 0.0240. The molecule has 0 radical (unpaired) electrons. The molecule has 0 N–H and O–H groups in total. The number of ether oxygens (including phenoxy) is 3. The van der Waals surface area contributed by atoms with Crippen LogP contribution in [0.15, 0.2) is 24.3 Å². The molecule has 0 fully saturated rings. The highest BCUT2D eigenvalue weighted by Gasteiger charge is 2.12. The van der Waals surface area contributed by atoms with Crippen LogP contribution in [0.2, 0.25) is 0 Å². The van der Waals surface area contributed by atoms with Crippen LogP contribution >= 0.6 is 0 Å². The van der Waals surface area contributed by atoms with E-state index in [1.165, 1.54) is 17.5 Å². The maximum atomic E-state index is 5.55. The second kappa shape index (κ2) is 10.8. The zero-order chi connectivity index (χ0) is 16.3. The van der Waals surface area contributed by atoms with Gasteiger partial charge in [0.15, 0.2) is 0 Å². The first-order valence-electron chi connectivity index (χ1n) is 8.28. The van der Waals surface area contributed by atoms with Crippen LogP contribution < -0.4 is 0 Å². The van der Waals surface area contributed by atoms with Crippen molar-refractivity contribution in [2.24, 2.45) is 0 Å². The summed E-state index contributed by atoms with van der Waals surface area (Å²) < 4.78 is 15.8. The number of aryl methyl sites for hydroxylation is 1. The van der Waals surface area contributed by atoms with E-state index in [1.807, 2.05) is 0 Å². The van der Waals surface area contributed by atoms with Gasteiger partial charge in [-0.1, -0.05) is 45.0 Å². The number of methoxy groups -OCH3 is 1. The molecular formula is C19H32O3. The average molecular weight is 308 g/mol. The standard InChI is InChI=1S/C19H32O3/c1-19(2,3)18-10-8-17(9-11-18)7-5-6-12-21-15-16-22-14-13-20-4/h8-11H,5-7,12-16H2,1-4H3. The van der Waals surface area contributed by atoms with E-state index >= 15 is 0 Å². The van der Waals surface area contributed by atoms with Crippen LogP contribution in [0.5, 0.6) is 0 Å². The Morgan fingerprint density at radius 2 is 1.36 bits per heavy atom. The van der Waals surface area contributed by atoms with Gasteiger partial charge in [0.05, 0.1) is 26.4 Å². The fourth-order valence-electron chi connectivity index (χ4n) is 2.17. The van der Waals surface area contributed by atoms with Crippen molar-refractivity contribution in [3.8, 4) is 0 Å². The maximum absolute atomic E-state index is 5.55. The van der Waals surface area contributed by atoms with E-state index in [-0.39, 0.29) is 5.41 Å². The summed E-state index contributed by atoms with van der Waals surface area (Å²) in [5, 5.41) is 0. The summed E-state index contributed by atoms with van der Waals surface area (Å²) in [4.78, 5) is 0. The molecule has 0 aliphatic rings. The van der Waals surface area contributed by atoms with E-state index in [4.69, 9.17) is 14.2 Å². The van der Waals surface area contributed by atoms with Gasteiger partial charge in [-0.3, -0.25) is 0 Å². The Bertz CT molecular complexity index is 379. The van der Waals surface area contributed by atoms with Crippen molar-refractivity contribution in [3.05, 3.63) is 35.4 Å². The minimum atomic E-state index is 0.234. The van der Waals surface area contributed by atoms with Gasteiger partial charge in [0.25, 0.3) is 0 Å². The second-order valence-corrected chi connectivity index (χ2v) is 6.62. The van der Waals surface area contributed by atoms with Crippen LogP contribution in [0.1, 0.15) is 44.7 Å². The van der Waals surface area contributed by atoms with E-state index in [1.54, 1.807) is 7.11 Å². The third kappa shape index (κ3) is 8.52. The topological polar surface area (TPSA) is 27.7 Å². The highest BCUT2D eigenvalue weighted by molar-refractivity contribution is 5.27.